The molecule has 3 N–H and O–H groups in total. The second-order valence-electron chi connectivity index (χ2n) is 6.61. The van der Waals surface area contributed by atoms with Crippen LogP contribution in [0.4, 0.5) is 5.69 Å². The number of benzene rings is 2. The number of carbonyl (C=O) groups excluding carboxylic acids is 1. The van der Waals surface area contributed by atoms with Crippen molar-refractivity contribution in [3.05, 3.63) is 70.4 Å². The quantitative estimate of drug-likeness (QED) is 0.639. The van der Waals surface area contributed by atoms with Crippen LogP contribution >= 0.6 is 11.6 Å². The second-order valence-corrected chi connectivity index (χ2v) is 7.04. The molecule has 0 saturated heterocycles. The number of halogens is 1. The summed E-state index contributed by atoms with van der Waals surface area (Å²) in [5.74, 6) is -0.632. The number of nitrogens with two attached hydrogens (primary N) is 1. The van der Waals surface area contributed by atoms with E-state index in [1.807, 2.05) is 24.3 Å². The molecule has 0 atom stereocenters. The van der Waals surface area contributed by atoms with Crippen LogP contribution in [0.25, 0.3) is 5.70 Å². The Morgan fingerprint density at radius 2 is 1.84 bits per heavy atom. The highest BCUT2D eigenvalue weighted by molar-refractivity contribution is 6.30. The number of hydrogen-bond acceptors (Lipinski definition) is 4. The van der Waals surface area contributed by atoms with Crippen LogP contribution in [0.1, 0.15) is 25.0 Å². The van der Waals surface area contributed by atoms with Crippen molar-refractivity contribution in [2.75, 3.05) is 0 Å². The molecular weight excluding hydrogens is 336 g/mol. The van der Waals surface area contributed by atoms with E-state index < -0.39 is 5.91 Å². The van der Waals surface area contributed by atoms with Gasteiger partial charge in [0.15, 0.2) is 5.70 Å². The highest BCUT2D eigenvalue weighted by Crippen LogP contribution is 2.32. The number of primary amides is 1. The third-order valence-corrected chi connectivity index (χ3v) is 4.20. The molecule has 0 aliphatic carbocycles. The number of hydrogen-bond donors (Lipinski definition) is 2. The minimum absolute atomic E-state index is 0.107. The predicted octanol–water partition coefficient (Wildman–Crippen LogP) is 4.20. The Kier molecular flexibility index (Phi) is 4.59. The van der Waals surface area contributed by atoms with E-state index in [9.17, 15) is 4.79 Å². The molecule has 2 aromatic carbocycles. The van der Waals surface area contributed by atoms with E-state index in [4.69, 9.17) is 17.3 Å². The summed E-state index contributed by atoms with van der Waals surface area (Å²) in [6, 6.07) is 14.8. The normalized spacial score (nSPS) is 17.7. The number of nitrogens with one attached hydrogen (secondary N) is 1. The molecule has 2 aromatic rings. The summed E-state index contributed by atoms with van der Waals surface area (Å²) in [6.07, 6.45) is 0.840. The largest absolute Gasteiger partial charge is 0.377 e. The number of nitrogens with zero attached hydrogens (tertiary/aromatic N) is 2. The molecule has 128 valence electrons. The van der Waals surface area contributed by atoms with E-state index in [0.29, 0.717) is 16.4 Å². The number of carbonyl (C=O) groups is 1. The fourth-order valence-electron chi connectivity index (χ4n) is 2.87. The molecule has 0 fully saturated rings. The smallest absolute Gasteiger partial charge is 0.271 e. The van der Waals surface area contributed by atoms with Crippen LogP contribution in [0, 0.1) is 0 Å². The Labute approximate surface area is 151 Å². The van der Waals surface area contributed by atoms with Crippen molar-refractivity contribution in [3.63, 3.8) is 0 Å². The predicted molar refractivity (Wildman–Crippen MR) is 99.4 cm³/mol. The first kappa shape index (κ1) is 17.2. The van der Waals surface area contributed by atoms with Gasteiger partial charge in [-0.25, -0.2) is 0 Å². The van der Waals surface area contributed by atoms with Gasteiger partial charge in [0.25, 0.3) is 5.91 Å². The standard InChI is InChI=1S/C19H19ClN4O/c1-19(2)11-12-5-3-4-6-15(12)16(22-19)17(18(21)25)24-23-14-9-7-13(20)8-10-14/h3-10,22H,11H2,1-2H3,(H2,21,25)/b17-16-,24-23+. The Balaban J connectivity index is 2.09. The molecule has 1 heterocycles. The lowest BCUT2D eigenvalue weighted by Gasteiger charge is -2.35. The summed E-state index contributed by atoms with van der Waals surface area (Å²) in [5.41, 5.74) is 8.74. The van der Waals surface area contributed by atoms with E-state index in [-0.39, 0.29) is 11.2 Å². The van der Waals surface area contributed by atoms with Gasteiger partial charge in [0.1, 0.15) is 0 Å². The highest BCUT2D eigenvalue weighted by atomic mass is 35.5. The molecule has 3 rings (SSSR count). The van der Waals surface area contributed by atoms with Crippen LogP contribution < -0.4 is 11.1 Å². The van der Waals surface area contributed by atoms with Crippen molar-refractivity contribution >= 4 is 28.9 Å². The third-order valence-electron chi connectivity index (χ3n) is 3.94. The van der Waals surface area contributed by atoms with Crippen molar-refractivity contribution in [1.29, 1.82) is 0 Å². The van der Waals surface area contributed by atoms with Crippen LogP contribution in [-0.4, -0.2) is 11.4 Å². The first-order valence-electron chi connectivity index (χ1n) is 7.93. The molecule has 25 heavy (non-hydrogen) atoms. The topological polar surface area (TPSA) is 79.8 Å². The molecule has 0 bridgehead atoms. The molecule has 6 heteroatoms. The van der Waals surface area contributed by atoms with Crippen molar-refractivity contribution in [3.8, 4) is 0 Å². The Bertz CT molecular complexity index is 869. The zero-order valence-electron chi connectivity index (χ0n) is 14.1. The van der Waals surface area contributed by atoms with Gasteiger partial charge in [-0.2, -0.15) is 5.11 Å². The van der Waals surface area contributed by atoms with Gasteiger partial charge in [-0.15, -0.1) is 5.11 Å². The highest BCUT2D eigenvalue weighted by Gasteiger charge is 2.30. The van der Waals surface area contributed by atoms with Crippen LogP contribution in [-0.2, 0) is 11.2 Å². The van der Waals surface area contributed by atoms with Crippen molar-refractivity contribution in [2.24, 2.45) is 16.0 Å². The SMILES string of the molecule is CC1(C)Cc2ccccc2/C(=C(/N=N/c2ccc(Cl)cc2)C(N)=O)N1. The number of azo groups is 1. The van der Waals surface area contributed by atoms with E-state index in [1.54, 1.807) is 24.3 Å². The molecule has 1 amide bonds. The van der Waals surface area contributed by atoms with Crippen LogP contribution in [0.5, 0.6) is 0 Å². The van der Waals surface area contributed by atoms with Gasteiger partial charge >= 0.3 is 0 Å². The second kappa shape index (κ2) is 6.69. The average molecular weight is 355 g/mol. The Morgan fingerprint density at radius 3 is 2.52 bits per heavy atom. The maximum absolute atomic E-state index is 12.0. The summed E-state index contributed by atoms with van der Waals surface area (Å²) >= 11 is 5.87. The Morgan fingerprint density at radius 1 is 1.16 bits per heavy atom. The van der Waals surface area contributed by atoms with Crippen LogP contribution in [0.15, 0.2) is 64.5 Å². The summed E-state index contributed by atoms with van der Waals surface area (Å²) in [6.45, 7) is 4.13. The van der Waals surface area contributed by atoms with Crippen LogP contribution in [0.2, 0.25) is 5.02 Å². The van der Waals surface area contributed by atoms with Gasteiger partial charge in [0.05, 0.1) is 11.4 Å². The van der Waals surface area contributed by atoms with Gasteiger partial charge in [0.2, 0.25) is 0 Å². The van der Waals surface area contributed by atoms with Gasteiger partial charge in [-0.05, 0) is 50.1 Å². The summed E-state index contributed by atoms with van der Waals surface area (Å²) < 4.78 is 0. The first-order chi connectivity index (χ1) is 11.9. The summed E-state index contributed by atoms with van der Waals surface area (Å²) in [7, 11) is 0. The van der Waals surface area contributed by atoms with Gasteiger partial charge in [-0.1, -0.05) is 35.9 Å². The maximum Gasteiger partial charge on any atom is 0.271 e. The molecule has 1 aliphatic heterocycles. The number of amides is 1. The lowest BCUT2D eigenvalue weighted by atomic mass is 9.85. The molecule has 0 unspecified atom stereocenters. The average Bonchev–Trinajstić information content (AvgIpc) is 2.55. The fraction of sp³-hybridized carbons (Fsp3) is 0.211. The minimum atomic E-state index is -0.632. The number of rotatable bonds is 3. The van der Waals surface area contributed by atoms with Gasteiger partial charge in [0, 0.05) is 16.1 Å². The van der Waals surface area contributed by atoms with Crippen molar-refractivity contribution in [2.45, 2.75) is 25.8 Å². The summed E-state index contributed by atoms with van der Waals surface area (Å²) in [5, 5.41) is 12.3. The maximum atomic E-state index is 12.0. The molecule has 0 spiro atoms. The van der Waals surface area contributed by atoms with Crippen molar-refractivity contribution < 1.29 is 4.79 Å². The third kappa shape index (κ3) is 3.88. The van der Waals surface area contributed by atoms with E-state index in [2.05, 4.69) is 29.4 Å². The molecule has 0 aromatic heterocycles. The van der Waals surface area contributed by atoms with Gasteiger partial charge in [-0.3, -0.25) is 4.79 Å². The lowest BCUT2D eigenvalue weighted by Crippen LogP contribution is -2.44. The molecule has 1 aliphatic rings. The molecule has 0 saturated carbocycles. The minimum Gasteiger partial charge on any atom is -0.377 e. The lowest BCUT2D eigenvalue weighted by molar-refractivity contribution is -0.114. The first-order valence-corrected chi connectivity index (χ1v) is 8.31. The number of fused-ring (bicyclic) bond motifs is 1. The van der Waals surface area contributed by atoms with Gasteiger partial charge < -0.3 is 11.1 Å². The zero-order chi connectivity index (χ0) is 18.0. The molecule has 0 radical (unpaired) electrons. The van der Waals surface area contributed by atoms with E-state index >= 15 is 0 Å². The molecule has 5 nitrogen and oxygen atoms in total. The fourth-order valence-corrected chi connectivity index (χ4v) is 3.00. The summed E-state index contributed by atoms with van der Waals surface area (Å²) in [4.78, 5) is 12.0. The molecular formula is C19H19ClN4O. The monoisotopic (exact) mass is 354 g/mol. The Hall–Kier alpha value is -2.66. The van der Waals surface area contributed by atoms with Crippen LogP contribution in [0.3, 0.4) is 0 Å². The van der Waals surface area contributed by atoms with E-state index in [1.165, 1.54) is 0 Å². The van der Waals surface area contributed by atoms with Crippen molar-refractivity contribution in [1.82, 2.24) is 5.32 Å². The van der Waals surface area contributed by atoms with E-state index in [0.717, 1.165) is 17.5 Å². The zero-order valence-corrected chi connectivity index (χ0v) is 14.8.